The first-order valence-corrected chi connectivity index (χ1v) is 7.53. The minimum atomic E-state index is -0.525. The van der Waals surface area contributed by atoms with Crippen molar-refractivity contribution in [3.05, 3.63) is 59.8 Å². The van der Waals surface area contributed by atoms with Crippen molar-refractivity contribution < 1.29 is 14.3 Å². The molecule has 0 unspecified atom stereocenters. The van der Waals surface area contributed by atoms with Gasteiger partial charge in [-0.2, -0.15) is 0 Å². The summed E-state index contributed by atoms with van der Waals surface area (Å²) in [5, 5.41) is 0. The molecular formula is C18H17N3O3. The van der Waals surface area contributed by atoms with E-state index in [0.717, 1.165) is 11.0 Å². The number of nitrogens with zero attached hydrogens (tertiary/aromatic N) is 2. The van der Waals surface area contributed by atoms with Crippen LogP contribution in [0.5, 0.6) is 11.6 Å². The fourth-order valence-electron chi connectivity index (χ4n) is 2.29. The highest BCUT2D eigenvalue weighted by molar-refractivity contribution is 5.95. The molecule has 6 nitrogen and oxygen atoms in total. The molecule has 0 fully saturated rings. The minimum absolute atomic E-state index is 0.262. The van der Waals surface area contributed by atoms with Gasteiger partial charge in [-0.15, -0.1) is 0 Å². The molecule has 3 rings (SSSR count). The molecule has 1 heterocycles. The molecule has 3 aromatic rings. The SMILES string of the molecule is Cc1nc2ccccc2nc1OCCOc1ccccc1C(N)=O. The van der Waals surface area contributed by atoms with Gasteiger partial charge in [0.2, 0.25) is 5.88 Å². The molecule has 2 N–H and O–H groups in total. The molecular weight excluding hydrogens is 306 g/mol. The first-order chi connectivity index (χ1) is 11.6. The van der Waals surface area contributed by atoms with Crippen LogP contribution >= 0.6 is 0 Å². The van der Waals surface area contributed by atoms with Gasteiger partial charge < -0.3 is 15.2 Å². The number of aryl methyl sites for hydroxylation is 1. The van der Waals surface area contributed by atoms with Gasteiger partial charge in [0.25, 0.3) is 5.91 Å². The summed E-state index contributed by atoms with van der Waals surface area (Å²) in [5.41, 5.74) is 7.98. The molecule has 2 aromatic carbocycles. The number of aromatic nitrogens is 2. The van der Waals surface area contributed by atoms with E-state index < -0.39 is 5.91 Å². The van der Waals surface area contributed by atoms with E-state index >= 15 is 0 Å². The molecule has 1 aromatic heterocycles. The summed E-state index contributed by atoms with van der Waals surface area (Å²) in [4.78, 5) is 20.2. The Balaban J connectivity index is 1.63. The molecule has 0 saturated carbocycles. The third-order valence-corrected chi connectivity index (χ3v) is 3.43. The van der Waals surface area contributed by atoms with Crippen molar-refractivity contribution in [3.8, 4) is 11.6 Å². The second kappa shape index (κ2) is 6.95. The average molecular weight is 323 g/mol. The molecule has 0 aliphatic rings. The van der Waals surface area contributed by atoms with Gasteiger partial charge in [0.1, 0.15) is 24.7 Å². The third kappa shape index (κ3) is 3.43. The quantitative estimate of drug-likeness (QED) is 0.704. The number of para-hydroxylation sites is 3. The fraction of sp³-hybridized carbons (Fsp3) is 0.167. The second-order valence-electron chi connectivity index (χ2n) is 5.16. The van der Waals surface area contributed by atoms with Gasteiger partial charge in [-0.3, -0.25) is 4.79 Å². The smallest absolute Gasteiger partial charge is 0.252 e. The maximum absolute atomic E-state index is 11.3. The van der Waals surface area contributed by atoms with E-state index in [-0.39, 0.29) is 13.2 Å². The van der Waals surface area contributed by atoms with Gasteiger partial charge in [-0.05, 0) is 31.2 Å². The van der Waals surface area contributed by atoms with Gasteiger partial charge in [0.15, 0.2) is 0 Å². The number of carbonyl (C=O) groups is 1. The largest absolute Gasteiger partial charge is 0.489 e. The van der Waals surface area contributed by atoms with Crippen molar-refractivity contribution in [2.45, 2.75) is 6.92 Å². The first-order valence-electron chi connectivity index (χ1n) is 7.53. The Morgan fingerprint density at radius 1 is 0.958 bits per heavy atom. The van der Waals surface area contributed by atoms with Crippen LogP contribution in [0.4, 0.5) is 0 Å². The number of ether oxygens (including phenoxy) is 2. The van der Waals surface area contributed by atoms with Crippen LogP contribution < -0.4 is 15.2 Å². The number of hydrogen-bond donors (Lipinski definition) is 1. The summed E-state index contributed by atoms with van der Waals surface area (Å²) in [5.74, 6) is 0.387. The van der Waals surface area contributed by atoms with E-state index in [1.54, 1.807) is 24.3 Å². The molecule has 24 heavy (non-hydrogen) atoms. The van der Waals surface area contributed by atoms with E-state index in [2.05, 4.69) is 9.97 Å². The van der Waals surface area contributed by atoms with E-state index in [0.29, 0.717) is 22.9 Å². The Morgan fingerprint density at radius 3 is 2.33 bits per heavy atom. The molecule has 0 atom stereocenters. The highest BCUT2D eigenvalue weighted by Crippen LogP contribution is 2.19. The van der Waals surface area contributed by atoms with Crippen molar-refractivity contribution in [1.29, 1.82) is 0 Å². The summed E-state index contributed by atoms with van der Waals surface area (Å²) < 4.78 is 11.2. The lowest BCUT2D eigenvalue weighted by atomic mass is 10.2. The van der Waals surface area contributed by atoms with Crippen LogP contribution in [0.3, 0.4) is 0 Å². The number of carbonyl (C=O) groups excluding carboxylic acids is 1. The van der Waals surface area contributed by atoms with Crippen LogP contribution in [0, 0.1) is 6.92 Å². The summed E-state index contributed by atoms with van der Waals surface area (Å²) >= 11 is 0. The van der Waals surface area contributed by atoms with Crippen molar-refractivity contribution in [3.63, 3.8) is 0 Å². The van der Waals surface area contributed by atoms with Crippen LogP contribution in [0.2, 0.25) is 0 Å². The molecule has 122 valence electrons. The van der Waals surface area contributed by atoms with Gasteiger partial charge >= 0.3 is 0 Å². The monoisotopic (exact) mass is 323 g/mol. The molecule has 0 bridgehead atoms. The number of amides is 1. The zero-order valence-corrected chi connectivity index (χ0v) is 13.2. The van der Waals surface area contributed by atoms with Gasteiger partial charge in [-0.25, -0.2) is 9.97 Å². The zero-order valence-electron chi connectivity index (χ0n) is 13.2. The molecule has 0 radical (unpaired) electrons. The molecule has 0 saturated heterocycles. The summed E-state index contributed by atoms with van der Waals surface area (Å²) in [6.45, 7) is 2.39. The summed E-state index contributed by atoms with van der Waals surface area (Å²) in [7, 11) is 0. The van der Waals surface area contributed by atoms with Crippen molar-refractivity contribution in [1.82, 2.24) is 9.97 Å². The van der Waals surface area contributed by atoms with Gasteiger partial charge in [-0.1, -0.05) is 24.3 Å². The lowest BCUT2D eigenvalue weighted by Crippen LogP contribution is -2.15. The van der Waals surface area contributed by atoms with Crippen LogP contribution in [-0.2, 0) is 0 Å². The Morgan fingerprint density at radius 2 is 1.58 bits per heavy atom. The van der Waals surface area contributed by atoms with Gasteiger partial charge in [0.05, 0.1) is 16.6 Å². The molecule has 6 heteroatoms. The number of nitrogens with two attached hydrogens (primary N) is 1. The van der Waals surface area contributed by atoms with E-state index in [1.165, 1.54) is 0 Å². The third-order valence-electron chi connectivity index (χ3n) is 3.43. The van der Waals surface area contributed by atoms with Crippen LogP contribution in [0.1, 0.15) is 16.1 Å². The maximum atomic E-state index is 11.3. The number of benzene rings is 2. The maximum Gasteiger partial charge on any atom is 0.252 e. The Hall–Kier alpha value is -3.15. The first kappa shape index (κ1) is 15.7. The Bertz CT molecular complexity index is 880. The Kier molecular flexibility index (Phi) is 4.56. The lowest BCUT2D eigenvalue weighted by molar-refractivity contribution is 0.0995. The number of hydrogen-bond acceptors (Lipinski definition) is 5. The van der Waals surface area contributed by atoms with Crippen LogP contribution in [-0.4, -0.2) is 29.1 Å². The predicted octanol–water partition coefficient (Wildman–Crippen LogP) is 2.49. The molecule has 0 aliphatic carbocycles. The lowest BCUT2D eigenvalue weighted by Gasteiger charge is -2.11. The summed E-state index contributed by atoms with van der Waals surface area (Å²) in [6, 6.07) is 14.4. The van der Waals surface area contributed by atoms with E-state index in [9.17, 15) is 4.79 Å². The highest BCUT2D eigenvalue weighted by Gasteiger charge is 2.09. The van der Waals surface area contributed by atoms with Crippen LogP contribution in [0.15, 0.2) is 48.5 Å². The van der Waals surface area contributed by atoms with Gasteiger partial charge in [0, 0.05) is 0 Å². The normalized spacial score (nSPS) is 10.5. The molecule has 1 amide bonds. The fourth-order valence-corrected chi connectivity index (χ4v) is 2.29. The van der Waals surface area contributed by atoms with Crippen molar-refractivity contribution in [2.24, 2.45) is 5.73 Å². The predicted molar refractivity (Wildman–Crippen MR) is 90.2 cm³/mol. The summed E-state index contributed by atoms with van der Waals surface area (Å²) in [6.07, 6.45) is 0. The minimum Gasteiger partial charge on any atom is -0.489 e. The van der Waals surface area contributed by atoms with Crippen molar-refractivity contribution >= 4 is 16.9 Å². The number of primary amides is 1. The Labute approximate surface area is 139 Å². The van der Waals surface area contributed by atoms with Crippen molar-refractivity contribution in [2.75, 3.05) is 13.2 Å². The topological polar surface area (TPSA) is 87.3 Å². The number of fused-ring (bicyclic) bond motifs is 1. The highest BCUT2D eigenvalue weighted by atomic mass is 16.5. The molecule has 0 spiro atoms. The van der Waals surface area contributed by atoms with E-state index in [1.807, 2.05) is 31.2 Å². The van der Waals surface area contributed by atoms with Crippen LogP contribution in [0.25, 0.3) is 11.0 Å². The standard InChI is InChI=1S/C18H17N3O3/c1-12-18(21-15-8-4-3-7-14(15)20-12)24-11-10-23-16-9-5-2-6-13(16)17(19)22/h2-9H,10-11H2,1H3,(H2,19,22). The second-order valence-corrected chi connectivity index (χ2v) is 5.16. The average Bonchev–Trinajstić information content (AvgIpc) is 2.59. The zero-order chi connectivity index (χ0) is 16.9. The molecule has 0 aliphatic heterocycles. The van der Waals surface area contributed by atoms with E-state index in [4.69, 9.17) is 15.2 Å². The number of rotatable bonds is 6.